The number of nitrogens with zero attached hydrogens (tertiary/aromatic N) is 1. The van der Waals surface area contributed by atoms with Gasteiger partial charge in [-0.25, -0.2) is 0 Å². The van der Waals surface area contributed by atoms with Crippen molar-refractivity contribution in [1.29, 1.82) is 0 Å². The molecule has 1 heterocycles. The standard InChI is InChI=1S/C17H23NO2.ClH/c1-15(2)16-5-7-17(8-6-16)20-12-4-3-9-18-10-13-19-14-11-18;/h5-8,15H,9-14H2,1-2H3;1H. The average Bonchev–Trinajstić information content (AvgIpc) is 2.48. The summed E-state index contributed by atoms with van der Waals surface area (Å²) in [5.41, 5.74) is 1.33. The van der Waals surface area contributed by atoms with Crippen molar-refractivity contribution in [2.45, 2.75) is 19.8 Å². The van der Waals surface area contributed by atoms with Crippen molar-refractivity contribution in [2.75, 3.05) is 39.5 Å². The van der Waals surface area contributed by atoms with Crippen molar-refractivity contribution < 1.29 is 9.47 Å². The summed E-state index contributed by atoms with van der Waals surface area (Å²) < 4.78 is 10.9. The largest absolute Gasteiger partial charge is 0.481 e. The molecule has 116 valence electrons. The molecule has 0 aliphatic carbocycles. The fourth-order valence-electron chi connectivity index (χ4n) is 2.05. The van der Waals surface area contributed by atoms with Crippen LogP contribution in [0.4, 0.5) is 0 Å². The van der Waals surface area contributed by atoms with Gasteiger partial charge in [0.1, 0.15) is 12.4 Å². The fourth-order valence-corrected chi connectivity index (χ4v) is 2.05. The number of hydrogen-bond donors (Lipinski definition) is 0. The molecule has 0 spiro atoms. The van der Waals surface area contributed by atoms with E-state index in [1.165, 1.54) is 5.56 Å². The van der Waals surface area contributed by atoms with Crippen LogP contribution in [0.5, 0.6) is 5.75 Å². The number of rotatable bonds is 4. The van der Waals surface area contributed by atoms with Crippen LogP contribution in [0.1, 0.15) is 25.3 Å². The number of morpholine rings is 1. The quantitative estimate of drug-likeness (QED) is 0.798. The van der Waals surface area contributed by atoms with Crippen LogP contribution in [0.3, 0.4) is 0 Å². The maximum Gasteiger partial charge on any atom is 0.149 e. The van der Waals surface area contributed by atoms with Crippen molar-refractivity contribution in [3.8, 4) is 17.6 Å². The Hall–Kier alpha value is -1.21. The molecule has 1 aromatic rings. The zero-order chi connectivity index (χ0) is 14.2. The Labute approximate surface area is 134 Å². The molecule has 0 N–H and O–H groups in total. The molecular formula is C17H24ClNO2. The summed E-state index contributed by atoms with van der Waals surface area (Å²) in [5.74, 6) is 7.65. The summed E-state index contributed by atoms with van der Waals surface area (Å²) in [5, 5.41) is 0. The third-order valence-corrected chi connectivity index (χ3v) is 3.39. The van der Waals surface area contributed by atoms with Gasteiger partial charge in [0.05, 0.1) is 19.8 Å². The lowest BCUT2D eigenvalue weighted by Crippen LogP contribution is -2.36. The smallest absolute Gasteiger partial charge is 0.149 e. The molecule has 0 amide bonds. The van der Waals surface area contributed by atoms with Crippen LogP contribution in [-0.4, -0.2) is 44.4 Å². The first kappa shape index (κ1) is 17.8. The average molecular weight is 310 g/mol. The Morgan fingerprint density at radius 2 is 1.81 bits per heavy atom. The molecule has 3 nitrogen and oxygen atoms in total. The highest BCUT2D eigenvalue weighted by Crippen LogP contribution is 2.18. The molecule has 21 heavy (non-hydrogen) atoms. The Morgan fingerprint density at radius 3 is 2.43 bits per heavy atom. The van der Waals surface area contributed by atoms with Crippen LogP contribution in [0.2, 0.25) is 0 Å². The minimum Gasteiger partial charge on any atom is -0.481 e. The van der Waals surface area contributed by atoms with E-state index in [1.54, 1.807) is 0 Å². The number of hydrogen-bond acceptors (Lipinski definition) is 3. The molecular weight excluding hydrogens is 286 g/mol. The summed E-state index contributed by atoms with van der Waals surface area (Å²) >= 11 is 0. The van der Waals surface area contributed by atoms with Gasteiger partial charge in [0.2, 0.25) is 0 Å². The summed E-state index contributed by atoms with van der Waals surface area (Å²) in [6.07, 6.45) is 0. The van der Waals surface area contributed by atoms with Crippen LogP contribution < -0.4 is 4.74 Å². The normalized spacial score (nSPS) is 15.0. The van der Waals surface area contributed by atoms with E-state index in [4.69, 9.17) is 9.47 Å². The van der Waals surface area contributed by atoms with E-state index in [-0.39, 0.29) is 12.4 Å². The molecule has 1 aromatic carbocycles. The molecule has 1 aliphatic heterocycles. The van der Waals surface area contributed by atoms with Crippen LogP contribution in [0.15, 0.2) is 24.3 Å². The predicted octanol–water partition coefficient (Wildman–Crippen LogP) is 2.95. The van der Waals surface area contributed by atoms with Gasteiger partial charge in [-0.15, -0.1) is 12.4 Å². The van der Waals surface area contributed by atoms with Gasteiger partial charge in [-0.3, -0.25) is 4.90 Å². The second-order valence-corrected chi connectivity index (χ2v) is 5.25. The number of ether oxygens (including phenoxy) is 2. The van der Waals surface area contributed by atoms with Gasteiger partial charge in [0.25, 0.3) is 0 Å². The number of benzene rings is 1. The van der Waals surface area contributed by atoms with Gasteiger partial charge in [-0.1, -0.05) is 37.8 Å². The summed E-state index contributed by atoms with van der Waals surface area (Å²) in [6.45, 7) is 9.23. The topological polar surface area (TPSA) is 21.7 Å². The number of halogens is 1. The van der Waals surface area contributed by atoms with E-state index in [0.717, 1.165) is 38.6 Å². The van der Waals surface area contributed by atoms with Gasteiger partial charge < -0.3 is 9.47 Å². The van der Waals surface area contributed by atoms with Crippen LogP contribution >= 0.6 is 12.4 Å². The third-order valence-electron chi connectivity index (χ3n) is 3.39. The lowest BCUT2D eigenvalue weighted by molar-refractivity contribution is 0.0443. The zero-order valence-corrected chi connectivity index (χ0v) is 13.6. The highest BCUT2D eigenvalue weighted by molar-refractivity contribution is 5.85. The molecule has 1 saturated heterocycles. The van der Waals surface area contributed by atoms with E-state index in [0.29, 0.717) is 12.5 Å². The maximum atomic E-state index is 5.61. The lowest BCUT2D eigenvalue weighted by Gasteiger charge is -2.24. The maximum absolute atomic E-state index is 5.61. The van der Waals surface area contributed by atoms with Gasteiger partial charge in [0, 0.05) is 13.1 Å². The molecule has 4 heteroatoms. The van der Waals surface area contributed by atoms with Crippen molar-refractivity contribution in [3.05, 3.63) is 29.8 Å². The van der Waals surface area contributed by atoms with E-state index in [2.05, 4.69) is 42.7 Å². The van der Waals surface area contributed by atoms with Crippen LogP contribution in [-0.2, 0) is 4.74 Å². The van der Waals surface area contributed by atoms with Crippen molar-refractivity contribution >= 4 is 12.4 Å². The second kappa shape index (κ2) is 9.68. The van der Waals surface area contributed by atoms with Crippen molar-refractivity contribution in [3.63, 3.8) is 0 Å². The molecule has 2 rings (SSSR count). The summed E-state index contributed by atoms with van der Waals surface area (Å²) in [6, 6.07) is 8.25. The minimum absolute atomic E-state index is 0. The molecule has 0 bridgehead atoms. The van der Waals surface area contributed by atoms with Gasteiger partial charge in [-0.05, 0) is 23.6 Å². The van der Waals surface area contributed by atoms with Crippen LogP contribution in [0, 0.1) is 11.8 Å². The third kappa shape index (κ3) is 6.39. The highest BCUT2D eigenvalue weighted by Gasteiger charge is 2.07. The summed E-state index contributed by atoms with van der Waals surface area (Å²) in [7, 11) is 0. The fraction of sp³-hybridized carbons (Fsp3) is 0.529. The Kier molecular flexibility index (Phi) is 8.22. The van der Waals surface area contributed by atoms with E-state index in [9.17, 15) is 0 Å². The van der Waals surface area contributed by atoms with Crippen molar-refractivity contribution in [2.24, 2.45) is 0 Å². The molecule has 0 radical (unpaired) electrons. The Balaban J connectivity index is 0.00000220. The second-order valence-electron chi connectivity index (χ2n) is 5.25. The van der Waals surface area contributed by atoms with E-state index in [1.807, 2.05) is 12.1 Å². The van der Waals surface area contributed by atoms with Crippen molar-refractivity contribution in [1.82, 2.24) is 4.90 Å². The summed E-state index contributed by atoms with van der Waals surface area (Å²) in [4.78, 5) is 2.30. The predicted molar refractivity (Wildman–Crippen MR) is 88.3 cm³/mol. The Morgan fingerprint density at radius 1 is 1.14 bits per heavy atom. The van der Waals surface area contributed by atoms with Gasteiger partial charge in [-0.2, -0.15) is 0 Å². The first-order chi connectivity index (χ1) is 9.75. The SMILES string of the molecule is CC(C)c1ccc(OCC#CCN2CCOCC2)cc1.Cl. The molecule has 0 saturated carbocycles. The van der Waals surface area contributed by atoms with E-state index < -0.39 is 0 Å². The van der Waals surface area contributed by atoms with Gasteiger partial charge >= 0.3 is 0 Å². The highest BCUT2D eigenvalue weighted by atomic mass is 35.5. The molecule has 1 fully saturated rings. The molecule has 0 aromatic heterocycles. The molecule has 0 unspecified atom stereocenters. The zero-order valence-electron chi connectivity index (χ0n) is 12.8. The molecule has 1 aliphatic rings. The van der Waals surface area contributed by atoms with Crippen LogP contribution in [0.25, 0.3) is 0 Å². The lowest BCUT2D eigenvalue weighted by atomic mass is 10.0. The first-order valence-corrected chi connectivity index (χ1v) is 7.24. The minimum atomic E-state index is 0. The van der Waals surface area contributed by atoms with Gasteiger partial charge in [0.15, 0.2) is 0 Å². The monoisotopic (exact) mass is 309 g/mol. The Bertz CT molecular complexity index is 456. The first-order valence-electron chi connectivity index (χ1n) is 7.24. The van der Waals surface area contributed by atoms with E-state index >= 15 is 0 Å². The molecule has 0 atom stereocenters.